The van der Waals surface area contributed by atoms with Crippen LogP contribution in [0.4, 0.5) is 0 Å². The second kappa shape index (κ2) is 4.64. The van der Waals surface area contributed by atoms with Gasteiger partial charge in [-0.25, -0.2) is 0 Å². The number of aromatic hydroxyl groups is 1. The Morgan fingerprint density at radius 1 is 1.39 bits per heavy atom. The predicted molar refractivity (Wildman–Crippen MR) is 87.1 cm³/mol. The van der Waals surface area contributed by atoms with Gasteiger partial charge < -0.3 is 19.5 Å². The van der Waals surface area contributed by atoms with Crippen molar-refractivity contribution in [3.05, 3.63) is 23.3 Å². The summed E-state index contributed by atoms with van der Waals surface area (Å²) >= 11 is 0. The van der Waals surface area contributed by atoms with Crippen LogP contribution in [0.25, 0.3) is 0 Å². The SMILES string of the molecule is CCOC1CCC2C3Cc4ccc(O)c5c4C2(CCN3C)C1O5. The smallest absolute Gasteiger partial charge is 0.165 e. The number of ether oxygens (including phenoxy) is 2. The molecule has 2 heterocycles. The highest BCUT2D eigenvalue weighted by atomic mass is 16.5. The lowest BCUT2D eigenvalue weighted by atomic mass is 9.51. The molecular formula is C19H25NO3. The number of likely N-dealkylation sites (N-methyl/N-ethyl adjacent to an activating group) is 1. The number of likely N-dealkylation sites (tertiary alicyclic amines) is 1. The zero-order valence-electron chi connectivity index (χ0n) is 13.9. The van der Waals surface area contributed by atoms with Crippen molar-refractivity contribution < 1.29 is 14.6 Å². The van der Waals surface area contributed by atoms with Gasteiger partial charge in [-0.05, 0) is 63.7 Å². The van der Waals surface area contributed by atoms with E-state index in [9.17, 15) is 5.11 Å². The fourth-order valence-electron chi connectivity index (χ4n) is 6.07. The van der Waals surface area contributed by atoms with E-state index in [-0.39, 0.29) is 17.6 Å². The molecule has 1 spiro atoms. The van der Waals surface area contributed by atoms with Crippen molar-refractivity contribution in [2.45, 2.75) is 56.3 Å². The summed E-state index contributed by atoms with van der Waals surface area (Å²) in [5.74, 6) is 1.68. The molecule has 4 aliphatic rings. The second-order valence-electron chi connectivity index (χ2n) is 7.71. The number of benzene rings is 1. The molecule has 2 aliphatic heterocycles. The Morgan fingerprint density at radius 3 is 3.09 bits per heavy atom. The summed E-state index contributed by atoms with van der Waals surface area (Å²) in [6.07, 6.45) is 4.69. The number of nitrogens with zero attached hydrogens (tertiary/aromatic N) is 1. The minimum absolute atomic E-state index is 0.0525. The van der Waals surface area contributed by atoms with Crippen LogP contribution < -0.4 is 4.74 Å². The van der Waals surface area contributed by atoms with Crippen molar-refractivity contribution >= 4 is 0 Å². The summed E-state index contributed by atoms with van der Waals surface area (Å²) in [4.78, 5) is 2.54. The van der Waals surface area contributed by atoms with Gasteiger partial charge >= 0.3 is 0 Å². The van der Waals surface area contributed by atoms with Crippen LogP contribution in [0.3, 0.4) is 0 Å². The van der Waals surface area contributed by atoms with Crippen molar-refractivity contribution in [3.63, 3.8) is 0 Å². The molecule has 5 rings (SSSR count). The maximum absolute atomic E-state index is 10.4. The quantitative estimate of drug-likeness (QED) is 0.910. The highest BCUT2D eigenvalue weighted by Crippen LogP contribution is 2.63. The molecule has 1 aromatic rings. The van der Waals surface area contributed by atoms with Crippen molar-refractivity contribution in [1.29, 1.82) is 0 Å². The average Bonchev–Trinajstić information content (AvgIpc) is 2.90. The number of hydrogen-bond donors (Lipinski definition) is 1. The van der Waals surface area contributed by atoms with Gasteiger partial charge in [-0.1, -0.05) is 6.07 Å². The van der Waals surface area contributed by atoms with Gasteiger partial charge in [0.05, 0.1) is 6.10 Å². The summed E-state index contributed by atoms with van der Waals surface area (Å²) in [6, 6.07) is 4.53. The van der Waals surface area contributed by atoms with Gasteiger partial charge in [-0.15, -0.1) is 0 Å². The standard InChI is InChI=1S/C19H25NO3/c1-3-22-15-7-5-12-13-10-11-4-6-14(21)17-16(11)19(12,18(15)23-17)8-9-20(13)2/h4,6,12-13,15,18,21H,3,5,7-10H2,1-2H3. The summed E-state index contributed by atoms with van der Waals surface area (Å²) in [7, 11) is 2.27. The van der Waals surface area contributed by atoms with Crippen molar-refractivity contribution in [1.82, 2.24) is 4.90 Å². The molecule has 5 unspecified atom stereocenters. The number of hydrogen-bond acceptors (Lipinski definition) is 4. The van der Waals surface area contributed by atoms with E-state index in [1.165, 1.54) is 17.5 Å². The largest absolute Gasteiger partial charge is 0.504 e. The van der Waals surface area contributed by atoms with Gasteiger partial charge in [-0.3, -0.25) is 0 Å². The molecule has 124 valence electrons. The molecule has 1 saturated carbocycles. The molecule has 2 aliphatic carbocycles. The lowest BCUT2D eigenvalue weighted by Gasteiger charge is -2.58. The number of phenolic OH excluding ortho intramolecular Hbond substituents is 1. The normalized spacial score (nSPS) is 40.6. The first kappa shape index (κ1) is 14.1. The minimum Gasteiger partial charge on any atom is -0.504 e. The zero-order chi connectivity index (χ0) is 15.8. The molecule has 4 heteroatoms. The number of phenols is 1. The lowest BCUT2D eigenvalue weighted by molar-refractivity contribution is -0.120. The maximum Gasteiger partial charge on any atom is 0.165 e. The highest BCUT2D eigenvalue weighted by molar-refractivity contribution is 5.60. The minimum atomic E-state index is 0.0525. The van der Waals surface area contributed by atoms with E-state index < -0.39 is 0 Å². The molecule has 2 fully saturated rings. The van der Waals surface area contributed by atoms with Gasteiger partial charge in [0.1, 0.15) is 6.10 Å². The van der Waals surface area contributed by atoms with Crippen molar-refractivity contribution in [2.75, 3.05) is 20.2 Å². The average molecular weight is 315 g/mol. The molecule has 0 radical (unpaired) electrons. The van der Waals surface area contributed by atoms with E-state index in [0.29, 0.717) is 17.7 Å². The van der Waals surface area contributed by atoms with Crippen molar-refractivity contribution in [3.8, 4) is 11.5 Å². The van der Waals surface area contributed by atoms with Crippen LogP contribution in [0, 0.1) is 5.92 Å². The predicted octanol–water partition coefficient (Wildman–Crippen LogP) is 2.47. The first-order valence-electron chi connectivity index (χ1n) is 9.00. The van der Waals surface area contributed by atoms with E-state index in [1.807, 2.05) is 6.07 Å². The topological polar surface area (TPSA) is 41.9 Å². The molecule has 1 aromatic carbocycles. The third-order valence-electron chi connectivity index (χ3n) is 6.92. The Balaban J connectivity index is 1.73. The Kier molecular flexibility index (Phi) is 2.85. The van der Waals surface area contributed by atoms with Crippen LogP contribution in [0.2, 0.25) is 0 Å². The Morgan fingerprint density at radius 2 is 2.26 bits per heavy atom. The van der Waals surface area contributed by atoms with Gasteiger partial charge in [-0.2, -0.15) is 0 Å². The molecule has 5 atom stereocenters. The fourth-order valence-corrected chi connectivity index (χ4v) is 6.07. The third kappa shape index (κ3) is 1.59. The van der Waals surface area contributed by atoms with E-state index in [2.05, 4.69) is 24.9 Å². The van der Waals surface area contributed by atoms with E-state index in [0.717, 1.165) is 38.2 Å². The number of piperidine rings is 1. The zero-order valence-corrected chi connectivity index (χ0v) is 13.9. The summed E-state index contributed by atoms with van der Waals surface area (Å²) in [6.45, 7) is 3.89. The first-order chi connectivity index (χ1) is 11.2. The van der Waals surface area contributed by atoms with Crippen LogP contribution in [-0.2, 0) is 16.6 Å². The number of rotatable bonds is 2. The summed E-state index contributed by atoms with van der Waals surface area (Å²) < 4.78 is 12.5. The summed E-state index contributed by atoms with van der Waals surface area (Å²) in [5.41, 5.74) is 2.75. The highest BCUT2D eigenvalue weighted by Gasteiger charge is 2.65. The monoisotopic (exact) mass is 315 g/mol. The molecule has 4 nitrogen and oxygen atoms in total. The molecular weight excluding hydrogens is 290 g/mol. The molecule has 1 N–H and O–H groups in total. The van der Waals surface area contributed by atoms with Crippen molar-refractivity contribution in [2.24, 2.45) is 5.92 Å². The Labute approximate surface area is 137 Å². The maximum atomic E-state index is 10.4. The molecule has 23 heavy (non-hydrogen) atoms. The van der Waals surface area contributed by atoms with Crippen LogP contribution in [-0.4, -0.2) is 48.5 Å². The molecule has 0 amide bonds. The van der Waals surface area contributed by atoms with Crippen LogP contribution in [0.5, 0.6) is 11.5 Å². The third-order valence-corrected chi connectivity index (χ3v) is 6.92. The van der Waals surface area contributed by atoms with E-state index >= 15 is 0 Å². The Bertz CT molecular complexity index is 660. The summed E-state index contributed by atoms with van der Waals surface area (Å²) in [5, 5.41) is 10.4. The van der Waals surface area contributed by atoms with Crippen LogP contribution >= 0.6 is 0 Å². The van der Waals surface area contributed by atoms with Gasteiger partial charge in [0.15, 0.2) is 11.5 Å². The van der Waals surface area contributed by atoms with Gasteiger partial charge in [0, 0.05) is 23.6 Å². The first-order valence-corrected chi connectivity index (χ1v) is 9.00. The van der Waals surface area contributed by atoms with Gasteiger partial charge in [0.25, 0.3) is 0 Å². The second-order valence-corrected chi connectivity index (χ2v) is 7.71. The molecule has 2 bridgehead atoms. The van der Waals surface area contributed by atoms with E-state index in [4.69, 9.17) is 9.47 Å². The Hall–Kier alpha value is -1.26. The molecule has 1 saturated heterocycles. The lowest BCUT2D eigenvalue weighted by Crippen LogP contribution is -2.66. The molecule has 0 aromatic heterocycles. The van der Waals surface area contributed by atoms with E-state index in [1.54, 1.807) is 0 Å². The van der Waals surface area contributed by atoms with Crippen LogP contribution in [0.15, 0.2) is 12.1 Å². The van der Waals surface area contributed by atoms with Gasteiger partial charge in [0.2, 0.25) is 0 Å². The van der Waals surface area contributed by atoms with Crippen LogP contribution in [0.1, 0.15) is 37.3 Å². The fraction of sp³-hybridized carbons (Fsp3) is 0.684.